The third kappa shape index (κ3) is 4.73. The molecule has 0 fully saturated rings. The summed E-state index contributed by atoms with van der Waals surface area (Å²) >= 11 is 5.64. The number of carbonyl (C=O) groups excluding carboxylic acids is 1. The van der Waals surface area contributed by atoms with Gasteiger partial charge in [-0.1, -0.05) is 23.7 Å². The fraction of sp³-hybridized carbons (Fsp3) is 0.462. The molecule has 1 aromatic rings. The number of esters is 1. The van der Waals surface area contributed by atoms with Gasteiger partial charge in [-0.2, -0.15) is 0 Å². The normalized spacial score (nSPS) is 11.4. The first kappa shape index (κ1) is 14.0. The van der Waals surface area contributed by atoms with Gasteiger partial charge >= 0.3 is 5.97 Å². The lowest BCUT2D eigenvalue weighted by molar-refractivity contribution is -0.154. The summed E-state index contributed by atoms with van der Waals surface area (Å²) < 4.78 is 18.6. The maximum absolute atomic E-state index is 13.5. The van der Waals surface area contributed by atoms with Crippen LogP contribution in [0.1, 0.15) is 32.8 Å². The standard InChI is InChI=1S/C13H16ClFO2/c1-13(2,3)17-11(16)8-7-9-5-4-6-10(14)12(9)15/h4-6H,7-8H2,1-3H3. The lowest BCUT2D eigenvalue weighted by atomic mass is 10.1. The summed E-state index contributed by atoms with van der Waals surface area (Å²) in [6.45, 7) is 5.39. The summed E-state index contributed by atoms with van der Waals surface area (Å²) in [6, 6.07) is 4.76. The molecule has 4 heteroatoms. The van der Waals surface area contributed by atoms with Crippen LogP contribution in [0.3, 0.4) is 0 Å². The quantitative estimate of drug-likeness (QED) is 0.772. The second kappa shape index (κ2) is 5.50. The number of hydrogen-bond acceptors (Lipinski definition) is 2. The van der Waals surface area contributed by atoms with Crippen LogP contribution >= 0.6 is 11.6 Å². The fourth-order valence-corrected chi connectivity index (χ4v) is 1.56. The summed E-state index contributed by atoms with van der Waals surface area (Å²) in [5.74, 6) is -0.797. The molecular formula is C13H16ClFO2. The van der Waals surface area contributed by atoms with Gasteiger partial charge in [0, 0.05) is 6.42 Å². The monoisotopic (exact) mass is 258 g/mol. The van der Waals surface area contributed by atoms with Crippen molar-refractivity contribution in [3.8, 4) is 0 Å². The van der Waals surface area contributed by atoms with Crippen molar-refractivity contribution in [3.63, 3.8) is 0 Å². The molecule has 0 aliphatic carbocycles. The first-order valence-electron chi connectivity index (χ1n) is 5.44. The Labute approximate surface area is 106 Å². The van der Waals surface area contributed by atoms with E-state index in [0.717, 1.165) is 0 Å². The Morgan fingerprint density at radius 3 is 2.65 bits per heavy atom. The van der Waals surface area contributed by atoms with Gasteiger partial charge < -0.3 is 4.74 Å². The molecule has 0 atom stereocenters. The number of carbonyl (C=O) groups is 1. The van der Waals surface area contributed by atoms with Crippen LogP contribution in [0.25, 0.3) is 0 Å². The van der Waals surface area contributed by atoms with E-state index in [1.807, 2.05) is 0 Å². The molecule has 1 rings (SSSR count). The van der Waals surface area contributed by atoms with Crippen LogP contribution in [0.15, 0.2) is 18.2 Å². The summed E-state index contributed by atoms with van der Waals surface area (Å²) in [6.07, 6.45) is 0.440. The van der Waals surface area contributed by atoms with Crippen LogP contribution in [-0.4, -0.2) is 11.6 Å². The van der Waals surface area contributed by atoms with Gasteiger partial charge in [-0.3, -0.25) is 4.79 Å². The van der Waals surface area contributed by atoms with Crippen molar-refractivity contribution in [1.82, 2.24) is 0 Å². The number of rotatable bonds is 3. The van der Waals surface area contributed by atoms with Gasteiger partial charge in [0.15, 0.2) is 0 Å². The molecule has 0 unspecified atom stereocenters. The molecule has 0 amide bonds. The average Bonchev–Trinajstić information content (AvgIpc) is 2.18. The van der Waals surface area contributed by atoms with Crippen molar-refractivity contribution >= 4 is 17.6 Å². The summed E-state index contributed by atoms with van der Waals surface area (Å²) in [7, 11) is 0. The van der Waals surface area contributed by atoms with E-state index >= 15 is 0 Å². The minimum absolute atomic E-state index is 0.0756. The minimum Gasteiger partial charge on any atom is -0.460 e. The molecule has 0 aliphatic heterocycles. The van der Waals surface area contributed by atoms with E-state index in [9.17, 15) is 9.18 Å². The van der Waals surface area contributed by atoms with Gasteiger partial charge in [0.25, 0.3) is 0 Å². The van der Waals surface area contributed by atoms with Gasteiger partial charge in [-0.05, 0) is 38.8 Å². The van der Waals surface area contributed by atoms with Gasteiger partial charge in [0.05, 0.1) is 5.02 Å². The van der Waals surface area contributed by atoms with E-state index < -0.39 is 11.4 Å². The maximum Gasteiger partial charge on any atom is 0.306 e. The Hall–Kier alpha value is -1.09. The Morgan fingerprint density at radius 2 is 2.06 bits per heavy atom. The van der Waals surface area contributed by atoms with Gasteiger partial charge in [-0.25, -0.2) is 4.39 Å². The highest BCUT2D eigenvalue weighted by molar-refractivity contribution is 6.30. The number of halogens is 2. The number of benzene rings is 1. The molecule has 0 spiro atoms. The number of hydrogen-bond donors (Lipinski definition) is 0. The van der Waals surface area contributed by atoms with Crippen molar-refractivity contribution in [1.29, 1.82) is 0 Å². The molecule has 0 radical (unpaired) electrons. The van der Waals surface area contributed by atoms with Crippen molar-refractivity contribution in [2.75, 3.05) is 0 Å². The largest absolute Gasteiger partial charge is 0.460 e. The molecule has 2 nitrogen and oxygen atoms in total. The molecule has 0 aliphatic rings. The number of ether oxygens (including phenoxy) is 1. The molecule has 0 bridgehead atoms. The average molecular weight is 259 g/mol. The second-order valence-electron chi connectivity index (χ2n) is 4.80. The Balaban J connectivity index is 2.56. The highest BCUT2D eigenvalue weighted by Crippen LogP contribution is 2.19. The molecule has 0 saturated heterocycles. The predicted octanol–water partition coefficient (Wildman–Crippen LogP) is 3.75. The van der Waals surface area contributed by atoms with E-state index in [1.54, 1.807) is 32.9 Å². The zero-order valence-corrected chi connectivity index (χ0v) is 11.0. The topological polar surface area (TPSA) is 26.3 Å². The van der Waals surface area contributed by atoms with Crippen LogP contribution in [0.4, 0.5) is 4.39 Å². The molecular weight excluding hydrogens is 243 g/mol. The molecule has 0 saturated carbocycles. The fourth-order valence-electron chi connectivity index (χ4n) is 1.37. The lowest BCUT2D eigenvalue weighted by Gasteiger charge is -2.19. The van der Waals surface area contributed by atoms with E-state index in [4.69, 9.17) is 16.3 Å². The number of aryl methyl sites for hydroxylation is 1. The van der Waals surface area contributed by atoms with Crippen LogP contribution < -0.4 is 0 Å². The van der Waals surface area contributed by atoms with E-state index in [1.165, 1.54) is 6.07 Å². The van der Waals surface area contributed by atoms with Gasteiger partial charge in [-0.15, -0.1) is 0 Å². The molecule has 1 aromatic carbocycles. The second-order valence-corrected chi connectivity index (χ2v) is 5.21. The highest BCUT2D eigenvalue weighted by atomic mass is 35.5. The van der Waals surface area contributed by atoms with E-state index in [0.29, 0.717) is 12.0 Å². The first-order valence-corrected chi connectivity index (χ1v) is 5.82. The Kier molecular flexibility index (Phi) is 4.52. The van der Waals surface area contributed by atoms with Crippen molar-refractivity contribution < 1.29 is 13.9 Å². The molecule has 17 heavy (non-hydrogen) atoms. The third-order valence-corrected chi connectivity index (χ3v) is 2.34. The van der Waals surface area contributed by atoms with Gasteiger partial charge in [0.2, 0.25) is 0 Å². The van der Waals surface area contributed by atoms with E-state index in [-0.39, 0.29) is 17.4 Å². The molecule has 0 heterocycles. The lowest BCUT2D eigenvalue weighted by Crippen LogP contribution is -2.24. The maximum atomic E-state index is 13.5. The SMILES string of the molecule is CC(C)(C)OC(=O)CCc1cccc(Cl)c1F. The summed E-state index contributed by atoms with van der Waals surface area (Å²) in [5, 5.41) is 0.0756. The summed E-state index contributed by atoms with van der Waals surface area (Å²) in [4.78, 5) is 11.5. The predicted molar refractivity (Wildman–Crippen MR) is 65.6 cm³/mol. The smallest absolute Gasteiger partial charge is 0.306 e. The first-order chi connectivity index (χ1) is 7.79. The molecule has 0 aromatic heterocycles. The van der Waals surface area contributed by atoms with Crippen molar-refractivity contribution in [2.45, 2.75) is 39.2 Å². The van der Waals surface area contributed by atoms with Crippen LogP contribution in [0.2, 0.25) is 5.02 Å². The zero-order chi connectivity index (χ0) is 13.1. The minimum atomic E-state index is -0.510. The third-order valence-electron chi connectivity index (χ3n) is 2.05. The van der Waals surface area contributed by atoms with Crippen LogP contribution in [0.5, 0.6) is 0 Å². The molecule has 0 N–H and O–H groups in total. The van der Waals surface area contributed by atoms with Gasteiger partial charge in [0.1, 0.15) is 11.4 Å². The van der Waals surface area contributed by atoms with Crippen LogP contribution in [0, 0.1) is 5.82 Å². The summed E-state index contributed by atoms with van der Waals surface area (Å²) in [5.41, 5.74) is -0.0763. The van der Waals surface area contributed by atoms with E-state index in [2.05, 4.69) is 0 Å². The highest BCUT2D eigenvalue weighted by Gasteiger charge is 2.16. The Bertz CT molecular complexity index is 410. The van der Waals surface area contributed by atoms with Crippen molar-refractivity contribution in [3.05, 3.63) is 34.6 Å². The Morgan fingerprint density at radius 1 is 1.41 bits per heavy atom. The van der Waals surface area contributed by atoms with Crippen molar-refractivity contribution in [2.24, 2.45) is 0 Å². The van der Waals surface area contributed by atoms with Crippen LogP contribution in [-0.2, 0) is 16.0 Å². The zero-order valence-electron chi connectivity index (χ0n) is 10.2. The molecule has 94 valence electrons.